The van der Waals surface area contributed by atoms with Gasteiger partial charge in [-0.1, -0.05) is 6.07 Å². The molecule has 1 saturated heterocycles. The molecule has 0 spiro atoms. The van der Waals surface area contributed by atoms with Gasteiger partial charge in [0.15, 0.2) is 0 Å². The van der Waals surface area contributed by atoms with Crippen molar-refractivity contribution < 1.29 is 14.3 Å². The maximum Gasteiger partial charge on any atom is 0.319 e. The van der Waals surface area contributed by atoms with Gasteiger partial charge in [0, 0.05) is 37.3 Å². The number of nitrogens with one attached hydrogen (secondary N) is 4. The molecule has 1 amide bonds. The molecule has 10 nitrogen and oxygen atoms in total. The predicted octanol–water partition coefficient (Wildman–Crippen LogP) is 2.49. The van der Waals surface area contributed by atoms with Crippen molar-refractivity contribution in [3.8, 4) is 0 Å². The predicted molar refractivity (Wildman–Crippen MR) is 144 cm³/mol. The van der Waals surface area contributed by atoms with E-state index in [-0.39, 0.29) is 18.3 Å². The fraction of sp³-hybridized carbons (Fsp3) is 0.407. The summed E-state index contributed by atoms with van der Waals surface area (Å²) >= 11 is 0. The smallest absolute Gasteiger partial charge is 0.319 e. The largest absolute Gasteiger partial charge is 0.465 e. The lowest BCUT2D eigenvalue weighted by Crippen LogP contribution is -2.54. The van der Waals surface area contributed by atoms with E-state index in [0.717, 1.165) is 54.0 Å². The molecule has 1 aromatic heterocycles. The third kappa shape index (κ3) is 6.08. The van der Waals surface area contributed by atoms with Crippen LogP contribution in [0.3, 0.4) is 0 Å². The molecule has 10 heteroatoms. The van der Waals surface area contributed by atoms with Crippen LogP contribution in [0.2, 0.25) is 0 Å². The van der Waals surface area contributed by atoms with Crippen molar-refractivity contribution in [1.29, 1.82) is 5.41 Å². The maximum atomic E-state index is 13.6. The van der Waals surface area contributed by atoms with Gasteiger partial charge >= 0.3 is 5.97 Å². The summed E-state index contributed by atoms with van der Waals surface area (Å²) in [6.07, 6.45) is 2.64. The van der Waals surface area contributed by atoms with Crippen molar-refractivity contribution in [2.45, 2.75) is 38.6 Å². The van der Waals surface area contributed by atoms with E-state index in [1.165, 1.54) is 0 Å². The normalized spacial score (nSPS) is 14.9. The first-order valence-corrected chi connectivity index (χ1v) is 12.7. The standard InChI is InChI=1S/C27H35N7O3/c1-3-37-24(35)17-31-27(2,26(36)34-14-4-5-15-34)19-8-11-21-22(16-19)33-23(32-21)12-13-30-20-9-6-18(7-10-20)25(28)29/h6-11,16,30-31H,3-5,12-15,17H2,1-2H3,(H3,28,29)(H,32,33). The minimum Gasteiger partial charge on any atom is -0.465 e. The maximum absolute atomic E-state index is 13.6. The van der Waals surface area contributed by atoms with Gasteiger partial charge in [-0.05, 0) is 68.7 Å². The molecule has 6 N–H and O–H groups in total. The molecule has 1 atom stereocenters. The average molecular weight is 506 g/mol. The number of nitrogen functional groups attached to an aromatic ring is 1. The number of amidine groups is 1. The van der Waals surface area contributed by atoms with Crippen molar-refractivity contribution in [2.24, 2.45) is 5.73 Å². The molecule has 1 aliphatic rings. The zero-order valence-electron chi connectivity index (χ0n) is 21.4. The highest BCUT2D eigenvalue weighted by Gasteiger charge is 2.39. The molecule has 1 unspecified atom stereocenters. The van der Waals surface area contributed by atoms with Gasteiger partial charge < -0.3 is 25.7 Å². The summed E-state index contributed by atoms with van der Waals surface area (Å²) in [5.41, 5.74) is 8.46. The molecule has 0 radical (unpaired) electrons. The van der Waals surface area contributed by atoms with Crippen LogP contribution >= 0.6 is 0 Å². The van der Waals surface area contributed by atoms with Crippen molar-refractivity contribution >= 4 is 34.4 Å². The van der Waals surface area contributed by atoms with Crippen LogP contribution in [-0.4, -0.2) is 65.4 Å². The number of benzene rings is 2. The third-order valence-electron chi connectivity index (χ3n) is 6.71. The number of amides is 1. The molecule has 2 aromatic carbocycles. The van der Waals surface area contributed by atoms with Gasteiger partial charge in [-0.25, -0.2) is 4.98 Å². The van der Waals surface area contributed by atoms with Crippen molar-refractivity contribution in [3.63, 3.8) is 0 Å². The van der Waals surface area contributed by atoms with E-state index in [2.05, 4.69) is 15.6 Å². The van der Waals surface area contributed by atoms with E-state index in [0.29, 0.717) is 25.1 Å². The van der Waals surface area contributed by atoms with Crippen LogP contribution in [0.5, 0.6) is 0 Å². The Hall–Kier alpha value is -3.92. The fourth-order valence-corrected chi connectivity index (χ4v) is 4.58. The average Bonchev–Trinajstić information content (AvgIpc) is 3.57. The number of esters is 1. The number of likely N-dealkylation sites (tertiary alicyclic amines) is 1. The van der Waals surface area contributed by atoms with E-state index in [1.54, 1.807) is 6.92 Å². The van der Waals surface area contributed by atoms with Crippen LogP contribution in [0.1, 0.15) is 43.6 Å². The van der Waals surface area contributed by atoms with E-state index < -0.39 is 11.5 Å². The van der Waals surface area contributed by atoms with Gasteiger partial charge in [-0.15, -0.1) is 0 Å². The van der Waals surface area contributed by atoms with Crippen molar-refractivity contribution in [3.05, 3.63) is 59.4 Å². The van der Waals surface area contributed by atoms with Crippen LogP contribution in [0, 0.1) is 5.41 Å². The second kappa shape index (κ2) is 11.4. The summed E-state index contributed by atoms with van der Waals surface area (Å²) in [7, 11) is 0. The van der Waals surface area contributed by atoms with E-state index in [9.17, 15) is 9.59 Å². The third-order valence-corrected chi connectivity index (χ3v) is 6.71. The number of rotatable bonds is 11. The van der Waals surface area contributed by atoms with Crippen molar-refractivity contribution in [2.75, 3.05) is 38.1 Å². The Balaban J connectivity index is 1.49. The number of nitrogens with two attached hydrogens (primary N) is 1. The number of carbonyl (C=O) groups is 2. The van der Waals surface area contributed by atoms with Crippen molar-refractivity contribution in [1.82, 2.24) is 20.2 Å². The van der Waals surface area contributed by atoms with Crippen LogP contribution in [0.15, 0.2) is 42.5 Å². The number of nitrogens with zero attached hydrogens (tertiary/aromatic N) is 2. The summed E-state index contributed by atoms with van der Waals surface area (Å²) < 4.78 is 5.07. The SMILES string of the molecule is CCOC(=O)CNC(C)(C(=O)N1CCCC1)c1ccc2nc(CCNc3ccc(C(=N)N)cc3)[nH]c2c1. The molecule has 0 saturated carbocycles. The highest BCUT2D eigenvalue weighted by Crippen LogP contribution is 2.28. The molecule has 4 rings (SSSR count). The van der Waals surface area contributed by atoms with Crippen LogP contribution in [0.25, 0.3) is 11.0 Å². The van der Waals surface area contributed by atoms with Gasteiger partial charge in [0.2, 0.25) is 5.91 Å². The molecular formula is C27H35N7O3. The Morgan fingerprint density at radius 1 is 1.19 bits per heavy atom. The number of hydrogen-bond donors (Lipinski definition) is 5. The van der Waals surface area contributed by atoms with E-state index >= 15 is 0 Å². The summed E-state index contributed by atoms with van der Waals surface area (Å²) in [6.45, 7) is 5.92. The summed E-state index contributed by atoms with van der Waals surface area (Å²) in [5, 5.41) is 14.0. The summed E-state index contributed by atoms with van der Waals surface area (Å²) in [4.78, 5) is 35.6. The molecule has 1 fully saturated rings. The van der Waals surface area contributed by atoms with Gasteiger partial charge in [-0.2, -0.15) is 0 Å². The zero-order valence-corrected chi connectivity index (χ0v) is 21.4. The molecule has 1 aliphatic heterocycles. The second-order valence-corrected chi connectivity index (χ2v) is 9.37. The Labute approximate surface area is 216 Å². The number of aromatic amines is 1. The lowest BCUT2D eigenvalue weighted by Gasteiger charge is -2.33. The molecular weight excluding hydrogens is 470 g/mol. The Morgan fingerprint density at radius 2 is 1.92 bits per heavy atom. The number of fused-ring (bicyclic) bond motifs is 1. The van der Waals surface area contributed by atoms with Crippen LogP contribution < -0.4 is 16.4 Å². The molecule has 3 aromatic rings. The molecule has 196 valence electrons. The number of aromatic nitrogens is 2. The monoisotopic (exact) mass is 505 g/mol. The molecule has 0 bridgehead atoms. The Bertz CT molecular complexity index is 1260. The number of carbonyl (C=O) groups excluding carboxylic acids is 2. The Morgan fingerprint density at radius 3 is 2.59 bits per heavy atom. The van der Waals surface area contributed by atoms with Crippen LogP contribution in [-0.2, 0) is 26.3 Å². The first kappa shape index (κ1) is 26.2. The lowest BCUT2D eigenvalue weighted by atomic mass is 9.89. The van der Waals surface area contributed by atoms with Gasteiger partial charge in [-0.3, -0.25) is 20.3 Å². The molecule has 37 heavy (non-hydrogen) atoms. The number of imidazole rings is 1. The topological polar surface area (TPSA) is 149 Å². The molecule has 0 aliphatic carbocycles. The minimum atomic E-state index is -1.08. The first-order valence-electron chi connectivity index (χ1n) is 12.7. The summed E-state index contributed by atoms with van der Waals surface area (Å²) in [6, 6.07) is 13.1. The van der Waals surface area contributed by atoms with E-state index in [1.807, 2.05) is 54.3 Å². The van der Waals surface area contributed by atoms with E-state index in [4.69, 9.17) is 20.9 Å². The second-order valence-electron chi connectivity index (χ2n) is 9.37. The summed E-state index contributed by atoms with van der Waals surface area (Å²) in [5.74, 6) is 0.430. The highest BCUT2D eigenvalue weighted by molar-refractivity contribution is 5.95. The fourth-order valence-electron chi connectivity index (χ4n) is 4.58. The Kier molecular flexibility index (Phi) is 8.08. The minimum absolute atomic E-state index is 0.0440. The number of ether oxygens (including phenoxy) is 1. The zero-order chi connectivity index (χ0) is 26.4. The lowest BCUT2D eigenvalue weighted by molar-refractivity contribution is -0.143. The highest BCUT2D eigenvalue weighted by atomic mass is 16.5. The first-order chi connectivity index (χ1) is 17.8. The number of hydrogen-bond acceptors (Lipinski definition) is 7. The number of H-pyrrole nitrogens is 1. The van der Waals surface area contributed by atoms with Gasteiger partial charge in [0.1, 0.15) is 17.2 Å². The number of anilines is 1. The quantitative estimate of drug-likeness (QED) is 0.153. The van der Waals surface area contributed by atoms with Gasteiger partial charge in [0.25, 0.3) is 0 Å². The van der Waals surface area contributed by atoms with Crippen LogP contribution in [0.4, 0.5) is 5.69 Å². The van der Waals surface area contributed by atoms with Gasteiger partial charge in [0.05, 0.1) is 24.2 Å². The molecule has 2 heterocycles.